The Morgan fingerprint density at radius 2 is 1.87 bits per heavy atom. The summed E-state index contributed by atoms with van der Waals surface area (Å²) in [4.78, 5) is 4.26. The maximum atomic E-state index is 5.33. The van der Waals surface area contributed by atoms with E-state index >= 15 is 0 Å². The Morgan fingerprint density at radius 1 is 1.27 bits per heavy atom. The second kappa shape index (κ2) is 5.29. The van der Waals surface area contributed by atoms with E-state index in [1.54, 1.807) is 6.21 Å². The van der Waals surface area contributed by atoms with Crippen molar-refractivity contribution in [3.8, 4) is 0 Å². The largest absolute Gasteiger partial charge is 0.323 e. The molecule has 2 N–H and O–H groups in total. The van der Waals surface area contributed by atoms with Gasteiger partial charge in [-0.2, -0.15) is 5.10 Å². The molecule has 0 atom stereocenters. The van der Waals surface area contributed by atoms with Gasteiger partial charge in [-0.15, -0.1) is 0 Å². The minimum absolute atomic E-state index is 0.257. The summed E-state index contributed by atoms with van der Waals surface area (Å²) in [7, 11) is 0. The number of nitrogens with two attached hydrogens (primary N) is 1. The van der Waals surface area contributed by atoms with E-state index in [0.717, 1.165) is 5.56 Å². The van der Waals surface area contributed by atoms with E-state index in [9.17, 15) is 0 Å². The Balaban J connectivity index is 2.89. The highest BCUT2D eigenvalue weighted by Crippen LogP contribution is 2.03. The van der Waals surface area contributed by atoms with Crippen molar-refractivity contribution in [2.24, 2.45) is 15.9 Å². The van der Waals surface area contributed by atoms with Gasteiger partial charge < -0.3 is 5.84 Å². The Hall–Kier alpha value is -1.64. The summed E-state index contributed by atoms with van der Waals surface area (Å²) in [6.07, 6.45) is 1.72. The van der Waals surface area contributed by atoms with E-state index < -0.39 is 0 Å². The lowest BCUT2D eigenvalue weighted by molar-refractivity contribution is 0.842. The Labute approximate surface area is 90.7 Å². The molecule has 0 unspecified atom stereocenters. The van der Waals surface area contributed by atoms with Gasteiger partial charge in [-0.25, -0.2) is 0 Å². The van der Waals surface area contributed by atoms with Gasteiger partial charge in [-0.05, 0) is 20.8 Å². The van der Waals surface area contributed by atoms with Crippen molar-refractivity contribution in [3.63, 3.8) is 0 Å². The molecule has 0 aromatic heterocycles. The number of nitrogens with zero attached hydrogens (tertiary/aromatic N) is 2. The molecule has 3 nitrogen and oxygen atoms in total. The van der Waals surface area contributed by atoms with Crippen LogP contribution in [0.5, 0.6) is 0 Å². The first kappa shape index (κ1) is 11.4. The van der Waals surface area contributed by atoms with E-state index in [1.807, 2.05) is 45.0 Å². The van der Waals surface area contributed by atoms with Crippen molar-refractivity contribution < 1.29 is 0 Å². The van der Waals surface area contributed by atoms with Gasteiger partial charge in [-0.3, -0.25) is 4.99 Å². The fourth-order valence-corrected chi connectivity index (χ4v) is 1.13. The molecule has 1 aromatic carbocycles. The van der Waals surface area contributed by atoms with Crippen molar-refractivity contribution in [3.05, 3.63) is 35.4 Å². The van der Waals surface area contributed by atoms with Crippen LogP contribution in [0.25, 0.3) is 0 Å². The molecule has 0 heterocycles. The van der Waals surface area contributed by atoms with E-state index in [2.05, 4.69) is 10.1 Å². The van der Waals surface area contributed by atoms with Gasteiger partial charge in [-0.1, -0.05) is 29.8 Å². The van der Waals surface area contributed by atoms with Crippen molar-refractivity contribution in [1.29, 1.82) is 0 Å². The van der Waals surface area contributed by atoms with Crippen LogP contribution in [-0.4, -0.2) is 18.0 Å². The third-order valence-corrected chi connectivity index (χ3v) is 1.98. The molecule has 0 aliphatic carbocycles. The highest BCUT2D eigenvalue weighted by molar-refractivity contribution is 6.38. The Kier molecular flexibility index (Phi) is 4.03. The fraction of sp³-hybridized carbons (Fsp3) is 0.333. The molecule has 80 valence electrons. The summed E-state index contributed by atoms with van der Waals surface area (Å²) in [5, 5.41) is 3.73. The monoisotopic (exact) mass is 203 g/mol. The summed E-state index contributed by atoms with van der Waals surface area (Å²) >= 11 is 0. The van der Waals surface area contributed by atoms with Crippen LogP contribution in [-0.2, 0) is 0 Å². The minimum atomic E-state index is 0.257. The second-order valence-electron chi connectivity index (χ2n) is 3.75. The molecule has 15 heavy (non-hydrogen) atoms. The van der Waals surface area contributed by atoms with Crippen LogP contribution >= 0.6 is 0 Å². The highest BCUT2D eigenvalue weighted by Gasteiger charge is 1.99. The molecule has 0 aliphatic rings. The second-order valence-corrected chi connectivity index (χ2v) is 3.75. The summed E-state index contributed by atoms with van der Waals surface area (Å²) in [6, 6.07) is 8.31. The number of aryl methyl sites for hydroxylation is 1. The van der Waals surface area contributed by atoms with Crippen LogP contribution < -0.4 is 5.84 Å². The third kappa shape index (κ3) is 3.54. The molecule has 3 heteroatoms. The highest BCUT2D eigenvalue weighted by atomic mass is 15.1. The predicted molar refractivity (Wildman–Crippen MR) is 65.5 cm³/mol. The first-order chi connectivity index (χ1) is 7.13. The molecular formula is C12H17N3. The zero-order valence-corrected chi connectivity index (χ0v) is 9.44. The average molecular weight is 203 g/mol. The number of aliphatic imine (C=N–C) groups is 1. The lowest BCUT2D eigenvalue weighted by atomic mass is 10.1. The molecule has 0 fully saturated rings. The Morgan fingerprint density at radius 3 is 2.33 bits per heavy atom. The molecule has 1 aromatic rings. The summed E-state index contributed by atoms with van der Waals surface area (Å²) in [6.45, 7) is 6.07. The number of hydrogen-bond acceptors (Lipinski definition) is 3. The quantitative estimate of drug-likeness (QED) is 0.456. The predicted octanol–water partition coefficient (Wildman–Crippen LogP) is 2.14. The Bertz CT molecular complexity index is 361. The zero-order chi connectivity index (χ0) is 11.3. The maximum absolute atomic E-state index is 5.33. The van der Waals surface area contributed by atoms with Crippen LogP contribution in [0.15, 0.2) is 34.4 Å². The van der Waals surface area contributed by atoms with Gasteiger partial charge >= 0.3 is 0 Å². The van der Waals surface area contributed by atoms with Crippen LogP contribution in [0.2, 0.25) is 0 Å². The van der Waals surface area contributed by atoms with Crippen molar-refractivity contribution in [1.82, 2.24) is 0 Å². The first-order valence-corrected chi connectivity index (χ1v) is 5.01. The van der Waals surface area contributed by atoms with Crippen molar-refractivity contribution >= 4 is 11.9 Å². The SMILES string of the molecule is Cc1ccc(/C(C=NC(C)C)=N/N)cc1. The van der Waals surface area contributed by atoms with Gasteiger partial charge in [0.2, 0.25) is 0 Å². The normalized spacial score (nSPS) is 12.7. The van der Waals surface area contributed by atoms with Crippen LogP contribution in [0.1, 0.15) is 25.0 Å². The van der Waals surface area contributed by atoms with Gasteiger partial charge in [0.15, 0.2) is 0 Å². The number of benzene rings is 1. The van der Waals surface area contributed by atoms with Crippen molar-refractivity contribution in [2.75, 3.05) is 0 Å². The van der Waals surface area contributed by atoms with E-state index in [1.165, 1.54) is 5.56 Å². The smallest absolute Gasteiger partial charge is 0.108 e. The van der Waals surface area contributed by atoms with Gasteiger partial charge in [0, 0.05) is 17.8 Å². The topological polar surface area (TPSA) is 50.7 Å². The lowest BCUT2D eigenvalue weighted by Gasteiger charge is -2.01. The number of rotatable bonds is 3. The molecule has 0 spiro atoms. The maximum Gasteiger partial charge on any atom is 0.108 e. The van der Waals surface area contributed by atoms with Crippen LogP contribution in [0.4, 0.5) is 0 Å². The third-order valence-electron chi connectivity index (χ3n) is 1.98. The zero-order valence-electron chi connectivity index (χ0n) is 9.44. The summed E-state index contributed by atoms with van der Waals surface area (Å²) in [5.41, 5.74) is 2.92. The molecule has 0 bridgehead atoms. The number of hydrazone groups is 1. The molecule has 1 rings (SSSR count). The average Bonchev–Trinajstić information content (AvgIpc) is 2.21. The summed E-state index contributed by atoms with van der Waals surface area (Å²) < 4.78 is 0. The molecule has 0 saturated heterocycles. The van der Waals surface area contributed by atoms with Gasteiger partial charge in [0.1, 0.15) is 5.71 Å². The van der Waals surface area contributed by atoms with Gasteiger partial charge in [0.05, 0.1) is 0 Å². The standard InChI is InChI=1S/C12H17N3/c1-9(2)14-8-12(15-13)11-6-4-10(3)5-7-11/h4-9H,13H2,1-3H3/b14-8?,15-12+. The van der Waals surface area contributed by atoms with E-state index in [-0.39, 0.29) is 6.04 Å². The first-order valence-electron chi connectivity index (χ1n) is 5.01. The van der Waals surface area contributed by atoms with Crippen LogP contribution in [0.3, 0.4) is 0 Å². The summed E-state index contributed by atoms with van der Waals surface area (Å²) in [5.74, 6) is 5.33. The molecular weight excluding hydrogens is 186 g/mol. The molecule has 0 radical (unpaired) electrons. The lowest BCUT2D eigenvalue weighted by Crippen LogP contribution is -2.07. The van der Waals surface area contributed by atoms with E-state index in [0.29, 0.717) is 5.71 Å². The molecule has 0 saturated carbocycles. The van der Waals surface area contributed by atoms with Crippen molar-refractivity contribution in [2.45, 2.75) is 26.8 Å². The molecule has 0 amide bonds. The van der Waals surface area contributed by atoms with Gasteiger partial charge in [0.25, 0.3) is 0 Å². The fourth-order valence-electron chi connectivity index (χ4n) is 1.13. The van der Waals surface area contributed by atoms with Crippen LogP contribution in [0, 0.1) is 6.92 Å². The van der Waals surface area contributed by atoms with E-state index in [4.69, 9.17) is 5.84 Å². The number of hydrogen-bond donors (Lipinski definition) is 1. The minimum Gasteiger partial charge on any atom is -0.323 e. The molecule has 0 aliphatic heterocycles.